The number of pyridine rings is 3. The lowest BCUT2D eigenvalue weighted by atomic mass is 9.95. The minimum absolute atomic E-state index is 1.13. The van der Waals surface area contributed by atoms with Crippen molar-refractivity contribution in [1.29, 1.82) is 0 Å². The number of aromatic nitrogens is 3. The molecule has 1 aromatic carbocycles. The van der Waals surface area contributed by atoms with Crippen LogP contribution in [0.25, 0.3) is 0 Å². The molecule has 0 spiro atoms. The molecule has 0 saturated heterocycles. The quantitative estimate of drug-likeness (QED) is 0.0436. The Bertz CT molecular complexity index is 1260. The van der Waals surface area contributed by atoms with Crippen molar-refractivity contribution in [3.8, 4) is 0 Å². The smallest absolute Gasteiger partial charge is 0.169 e. The number of hydrogen-bond acceptors (Lipinski definition) is 0. The average molecular weight is 691 g/mol. The minimum Gasteiger partial charge on any atom is -0.205 e. The maximum absolute atomic E-state index is 2.54. The number of unbranched alkanes of at least 4 members (excludes halogenated alkanes) is 9. The van der Waals surface area contributed by atoms with Crippen LogP contribution < -0.4 is 13.7 Å². The first-order valence-electron chi connectivity index (χ1n) is 21.2. The molecule has 0 aliphatic carbocycles. The van der Waals surface area contributed by atoms with Gasteiger partial charge in [-0.1, -0.05) is 58.2 Å². The summed E-state index contributed by atoms with van der Waals surface area (Å²) in [4.78, 5) is 0. The van der Waals surface area contributed by atoms with Crippen molar-refractivity contribution in [3.63, 3.8) is 0 Å². The fourth-order valence-corrected chi connectivity index (χ4v) is 7.23. The van der Waals surface area contributed by atoms with Crippen LogP contribution >= 0.6 is 0 Å². The van der Waals surface area contributed by atoms with E-state index in [0.29, 0.717) is 0 Å². The summed E-state index contributed by atoms with van der Waals surface area (Å²) in [5, 5.41) is 0. The fourth-order valence-electron chi connectivity index (χ4n) is 7.23. The Balaban J connectivity index is 1.22. The van der Waals surface area contributed by atoms with E-state index in [4.69, 9.17) is 0 Å². The molecule has 0 amide bonds. The topological polar surface area (TPSA) is 11.6 Å². The molecule has 0 N–H and O–H groups in total. The summed E-state index contributed by atoms with van der Waals surface area (Å²) in [5.41, 5.74) is 9.11. The maximum atomic E-state index is 2.54. The predicted octanol–water partition coefficient (Wildman–Crippen LogP) is 10.8. The molecule has 0 aliphatic rings. The Hall–Kier alpha value is -3.33. The molecule has 3 aromatic heterocycles. The van der Waals surface area contributed by atoms with Gasteiger partial charge in [0.1, 0.15) is 19.6 Å². The number of rotatable bonds is 27. The highest BCUT2D eigenvalue weighted by Crippen LogP contribution is 2.18. The number of benzene rings is 1. The summed E-state index contributed by atoms with van der Waals surface area (Å²) in [6, 6.07) is 21.5. The Kier molecular flexibility index (Phi) is 19.7. The molecule has 4 rings (SSSR count). The zero-order valence-electron chi connectivity index (χ0n) is 33.0. The van der Waals surface area contributed by atoms with Crippen LogP contribution in [-0.2, 0) is 58.2 Å². The lowest BCUT2D eigenvalue weighted by molar-refractivity contribution is -0.697. The molecule has 51 heavy (non-hydrogen) atoms. The minimum atomic E-state index is 1.13. The standard InChI is InChI=1S/C48H72N3/c1-4-7-19-43-25-34-49(35-26-43)31-16-10-13-22-46-40-47(23-14-11-17-32-50-36-27-44(28-37-50)20-8-5-2)42-48(41-46)24-15-12-18-33-51-38-29-45(30-39-51)21-9-6-3/h25-30,34-42H,4-24,31-33H2,1-3H3/q+3. The van der Waals surface area contributed by atoms with E-state index in [9.17, 15) is 0 Å². The van der Waals surface area contributed by atoms with Gasteiger partial charge in [0.25, 0.3) is 0 Å². The second-order valence-electron chi connectivity index (χ2n) is 15.2. The third-order valence-corrected chi connectivity index (χ3v) is 10.6. The summed E-state index contributed by atoms with van der Waals surface area (Å²) >= 11 is 0. The van der Waals surface area contributed by atoms with E-state index in [2.05, 4.69) is 126 Å². The summed E-state index contributed by atoms with van der Waals surface area (Å²) in [6.45, 7) is 10.2. The lowest BCUT2D eigenvalue weighted by Crippen LogP contribution is -2.32. The molecule has 276 valence electrons. The molecule has 4 aromatic rings. The lowest BCUT2D eigenvalue weighted by Gasteiger charge is -2.11. The Labute approximate surface area is 313 Å². The first-order chi connectivity index (χ1) is 25.1. The molecule has 0 saturated carbocycles. The van der Waals surface area contributed by atoms with E-state index in [-0.39, 0.29) is 0 Å². The highest BCUT2D eigenvalue weighted by Gasteiger charge is 2.07. The van der Waals surface area contributed by atoms with Crippen molar-refractivity contribution in [2.24, 2.45) is 0 Å². The van der Waals surface area contributed by atoms with Gasteiger partial charge in [0.05, 0.1) is 0 Å². The molecule has 0 fully saturated rings. The summed E-state index contributed by atoms with van der Waals surface area (Å²) in [6.07, 6.45) is 40.1. The fraction of sp³-hybridized carbons (Fsp3) is 0.562. The Morgan fingerprint density at radius 3 is 0.804 bits per heavy atom. The van der Waals surface area contributed by atoms with Crippen molar-refractivity contribution in [2.45, 2.75) is 175 Å². The van der Waals surface area contributed by atoms with Crippen LogP contribution in [0.3, 0.4) is 0 Å². The molecule has 3 nitrogen and oxygen atoms in total. The zero-order valence-corrected chi connectivity index (χ0v) is 33.0. The monoisotopic (exact) mass is 691 g/mol. The highest BCUT2D eigenvalue weighted by atomic mass is 14.9. The van der Waals surface area contributed by atoms with Crippen LogP contribution in [-0.4, -0.2) is 0 Å². The van der Waals surface area contributed by atoms with Crippen molar-refractivity contribution >= 4 is 0 Å². The van der Waals surface area contributed by atoms with Gasteiger partial charge in [-0.05, 0) is 130 Å². The van der Waals surface area contributed by atoms with Gasteiger partial charge in [0, 0.05) is 55.7 Å². The predicted molar refractivity (Wildman–Crippen MR) is 215 cm³/mol. The SMILES string of the molecule is CCCCc1cc[n+](CCCCCc2cc(CCCCC[n+]3ccc(CCCC)cc3)cc(CCCCC[n+]3ccc(CCCC)cc3)c2)cc1. The maximum Gasteiger partial charge on any atom is 0.169 e. The number of nitrogens with zero attached hydrogens (tertiary/aromatic N) is 3. The molecule has 3 heteroatoms. The van der Waals surface area contributed by atoms with Gasteiger partial charge in [-0.3, -0.25) is 0 Å². The van der Waals surface area contributed by atoms with Crippen LogP contribution in [0.1, 0.15) is 150 Å². The number of aryl methyl sites for hydroxylation is 9. The van der Waals surface area contributed by atoms with Gasteiger partial charge >= 0.3 is 0 Å². The second kappa shape index (κ2) is 24.8. The molecule has 0 bridgehead atoms. The van der Waals surface area contributed by atoms with E-state index < -0.39 is 0 Å². The molecular weight excluding hydrogens is 619 g/mol. The third-order valence-electron chi connectivity index (χ3n) is 10.6. The Morgan fingerprint density at radius 1 is 0.294 bits per heavy atom. The van der Waals surface area contributed by atoms with Gasteiger partial charge in [-0.15, -0.1) is 0 Å². The largest absolute Gasteiger partial charge is 0.205 e. The van der Waals surface area contributed by atoms with E-state index in [1.807, 2.05) is 0 Å². The second-order valence-corrected chi connectivity index (χ2v) is 15.2. The first-order valence-corrected chi connectivity index (χ1v) is 21.2. The van der Waals surface area contributed by atoms with Gasteiger partial charge in [-0.25, -0.2) is 13.7 Å². The van der Waals surface area contributed by atoms with Crippen molar-refractivity contribution in [1.82, 2.24) is 0 Å². The van der Waals surface area contributed by atoms with Gasteiger partial charge in [-0.2, -0.15) is 0 Å². The van der Waals surface area contributed by atoms with Crippen molar-refractivity contribution < 1.29 is 13.7 Å². The normalized spacial score (nSPS) is 11.4. The molecule has 0 unspecified atom stereocenters. The van der Waals surface area contributed by atoms with Crippen LogP contribution in [0.4, 0.5) is 0 Å². The summed E-state index contributed by atoms with van der Waals surface area (Å²) in [5.74, 6) is 0. The highest BCUT2D eigenvalue weighted by molar-refractivity contribution is 5.31. The van der Waals surface area contributed by atoms with Gasteiger partial charge < -0.3 is 0 Å². The zero-order chi connectivity index (χ0) is 35.8. The van der Waals surface area contributed by atoms with Crippen molar-refractivity contribution in [3.05, 3.63) is 125 Å². The van der Waals surface area contributed by atoms with Crippen LogP contribution in [0.5, 0.6) is 0 Å². The van der Waals surface area contributed by atoms with E-state index in [1.54, 1.807) is 16.7 Å². The molecule has 3 heterocycles. The van der Waals surface area contributed by atoms with Crippen LogP contribution in [0, 0.1) is 0 Å². The van der Waals surface area contributed by atoms with Crippen LogP contribution in [0.2, 0.25) is 0 Å². The van der Waals surface area contributed by atoms with Crippen molar-refractivity contribution in [2.75, 3.05) is 0 Å². The summed E-state index contributed by atoms with van der Waals surface area (Å²) < 4.78 is 7.11. The van der Waals surface area contributed by atoms with Crippen LogP contribution in [0.15, 0.2) is 91.8 Å². The Morgan fingerprint density at radius 2 is 0.549 bits per heavy atom. The molecule has 0 aliphatic heterocycles. The van der Waals surface area contributed by atoms with E-state index in [1.165, 1.54) is 152 Å². The number of hydrogen-bond donors (Lipinski definition) is 0. The first kappa shape index (κ1) is 40.4. The average Bonchev–Trinajstić information content (AvgIpc) is 3.16. The summed E-state index contributed by atoms with van der Waals surface area (Å²) in [7, 11) is 0. The molecular formula is C48H72N3+3. The molecule has 0 radical (unpaired) electrons. The van der Waals surface area contributed by atoms with E-state index in [0.717, 1.165) is 19.6 Å². The van der Waals surface area contributed by atoms with Gasteiger partial charge in [0.2, 0.25) is 0 Å². The van der Waals surface area contributed by atoms with Gasteiger partial charge in [0.15, 0.2) is 37.2 Å². The molecule has 0 atom stereocenters. The van der Waals surface area contributed by atoms with E-state index >= 15 is 0 Å². The third kappa shape index (κ3) is 16.7.